The summed E-state index contributed by atoms with van der Waals surface area (Å²) in [5, 5.41) is 0. The van der Waals surface area contributed by atoms with Crippen LogP contribution in [0.1, 0.15) is 5.56 Å². The van der Waals surface area contributed by atoms with Crippen LogP contribution in [0.4, 0.5) is 17.6 Å². The number of likely N-dealkylation sites (N-methyl/N-ethyl adjacent to an activating group) is 1. The van der Waals surface area contributed by atoms with Gasteiger partial charge in [0.25, 0.3) is 0 Å². The Hall–Kier alpha value is -1.19. The van der Waals surface area contributed by atoms with Crippen molar-refractivity contribution in [3.05, 3.63) is 29.6 Å². The van der Waals surface area contributed by atoms with E-state index in [0.29, 0.717) is 12.1 Å². The molecule has 0 N–H and O–H groups in total. The highest BCUT2D eigenvalue weighted by Gasteiger charge is 2.40. The third kappa shape index (κ3) is 3.04. The van der Waals surface area contributed by atoms with Crippen molar-refractivity contribution < 1.29 is 26.0 Å². The van der Waals surface area contributed by atoms with Crippen LogP contribution < -0.4 is 0 Å². The molecular formula is C12H14F4N2O2S. The van der Waals surface area contributed by atoms with Crippen molar-refractivity contribution in [2.45, 2.75) is 17.1 Å². The predicted molar refractivity (Wildman–Crippen MR) is 67.6 cm³/mol. The van der Waals surface area contributed by atoms with Gasteiger partial charge in [-0.1, -0.05) is 0 Å². The van der Waals surface area contributed by atoms with Gasteiger partial charge in [0.1, 0.15) is 5.82 Å². The van der Waals surface area contributed by atoms with Crippen LogP contribution in [0.25, 0.3) is 0 Å². The summed E-state index contributed by atoms with van der Waals surface area (Å²) in [6, 6.07) is 1.75. The molecule has 0 unspecified atom stereocenters. The average molecular weight is 326 g/mol. The highest BCUT2D eigenvalue weighted by molar-refractivity contribution is 7.89. The molecule has 4 nitrogen and oxygen atoms in total. The molecule has 0 radical (unpaired) electrons. The van der Waals surface area contributed by atoms with E-state index in [-0.39, 0.29) is 19.1 Å². The number of nitrogens with zero attached hydrogens (tertiary/aromatic N) is 2. The molecule has 0 bridgehead atoms. The van der Waals surface area contributed by atoms with E-state index in [1.54, 1.807) is 14.1 Å². The van der Waals surface area contributed by atoms with Gasteiger partial charge >= 0.3 is 6.18 Å². The molecule has 9 heteroatoms. The minimum absolute atomic E-state index is 0.0299. The van der Waals surface area contributed by atoms with Gasteiger partial charge in [0.2, 0.25) is 10.0 Å². The van der Waals surface area contributed by atoms with Crippen molar-refractivity contribution >= 4 is 10.0 Å². The molecule has 21 heavy (non-hydrogen) atoms. The maximum atomic E-state index is 13.2. The lowest BCUT2D eigenvalue weighted by molar-refractivity contribution is -0.140. The van der Waals surface area contributed by atoms with Crippen LogP contribution in [0.5, 0.6) is 0 Å². The lowest BCUT2D eigenvalue weighted by atomic mass is 10.2. The lowest BCUT2D eigenvalue weighted by Gasteiger charge is -2.41. The van der Waals surface area contributed by atoms with Crippen LogP contribution in [-0.4, -0.2) is 50.8 Å². The predicted octanol–water partition coefficient (Wildman–Crippen LogP) is 1.78. The zero-order valence-electron chi connectivity index (χ0n) is 11.4. The molecule has 0 spiro atoms. The second-order valence-electron chi connectivity index (χ2n) is 5.08. The highest BCUT2D eigenvalue weighted by Crippen LogP contribution is 2.34. The van der Waals surface area contributed by atoms with E-state index in [2.05, 4.69) is 0 Å². The third-order valence-electron chi connectivity index (χ3n) is 3.44. The molecule has 0 amide bonds. The van der Waals surface area contributed by atoms with E-state index in [1.165, 1.54) is 0 Å². The number of alkyl halides is 3. The molecule has 1 heterocycles. The molecule has 0 atom stereocenters. The normalized spacial score (nSPS) is 18.0. The van der Waals surface area contributed by atoms with E-state index in [1.807, 2.05) is 4.90 Å². The number of halogens is 4. The van der Waals surface area contributed by atoms with Gasteiger partial charge in [-0.05, 0) is 32.3 Å². The van der Waals surface area contributed by atoms with E-state index >= 15 is 0 Å². The van der Waals surface area contributed by atoms with E-state index in [9.17, 15) is 26.0 Å². The first-order valence-corrected chi connectivity index (χ1v) is 7.51. The molecule has 2 rings (SSSR count). The first kappa shape index (κ1) is 16.2. The molecule has 1 saturated heterocycles. The number of benzene rings is 1. The second-order valence-corrected chi connectivity index (χ2v) is 7.02. The Kier molecular flexibility index (Phi) is 4.02. The molecule has 0 saturated carbocycles. The summed E-state index contributed by atoms with van der Waals surface area (Å²) in [5.74, 6) is -1.49. The van der Waals surface area contributed by atoms with E-state index in [4.69, 9.17) is 0 Å². The largest absolute Gasteiger partial charge is 0.419 e. The van der Waals surface area contributed by atoms with Crippen molar-refractivity contribution in [2.24, 2.45) is 0 Å². The van der Waals surface area contributed by atoms with Gasteiger partial charge in [-0.25, -0.2) is 12.8 Å². The zero-order chi connectivity index (χ0) is 16.0. The fourth-order valence-corrected chi connectivity index (χ4v) is 3.51. The van der Waals surface area contributed by atoms with Crippen LogP contribution >= 0.6 is 0 Å². The minimum atomic E-state index is -4.93. The Morgan fingerprint density at radius 1 is 1.24 bits per heavy atom. The van der Waals surface area contributed by atoms with Gasteiger partial charge in [-0.3, -0.25) is 0 Å². The Morgan fingerprint density at radius 3 is 2.29 bits per heavy atom. The minimum Gasteiger partial charge on any atom is -0.304 e. The number of hydrogen-bond acceptors (Lipinski definition) is 3. The summed E-state index contributed by atoms with van der Waals surface area (Å²) in [6.45, 7) is 0.405. The summed E-state index contributed by atoms with van der Waals surface area (Å²) in [4.78, 5) is 1.28. The van der Waals surface area contributed by atoms with Crippen LogP contribution in [0.3, 0.4) is 0 Å². The zero-order valence-corrected chi connectivity index (χ0v) is 12.2. The summed E-state index contributed by atoms with van der Waals surface area (Å²) in [5.41, 5.74) is -1.58. The fraction of sp³-hybridized carbons (Fsp3) is 0.500. The molecule has 1 aliphatic heterocycles. The average Bonchev–Trinajstić information content (AvgIpc) is 2.24. The van der Waals surface area contributed by atoms with Gasteiger partial charge in [0, 0.05) is 19.1 Å². The van der Waals surface area contributed by atoms with E-state index in [0.717, 1.165) is 10.4 Å². The fourth-order valence-electron chi connectivity index (χ4n) is 1.97. The number of rotatable bonds is 3. The van der Waals surface area contributed by atoms with Crippen molar-refractivity contribution in [1.29, 1.82) is 0 Å². The van der Waals surface area contributed by atoms with Crippen LogP contribution in [0.2, 0.25) is 0 Å². The van der Waals surface area contributed by atoms with Crippen LogP contribution in [0, 0.1) is 5.82 Å². The Morgan fingerprint density at radius 2 is 1.81 bits per heavy atom. The first-order valence-electron chi connectivity index (χ1n) is 6.07. The molecule has 0 aliphatic carbocycles. The summed E-state index contributed by atoms with van der Waals surface area (Å²) < 4.78 is 76.5. The summed E-state index contributed by atoms with van der Waals surface area (Å²) in [7, 11) is -0.456. The van der Waals surface area contributed by atoms with Crippen LogP contribution in [-0.2, 0) is 16.2 Å². The summed E-state index contributed by atoms with van der Waals surface area (Å²) in [6.07, 6.45) is -4.93. The lowest BCUT2D eigenvalue weighted by Crippen LogP contribution is -2.59. The quantitative estimate of drug-likeness (QED) is 0.795. The number of hydrogen-bond donors (Lipinski definition) is 0. The van der Waals surface area contributed by atoms with Crippen molar-refractivity contribution in [2.75, 3.05) is 27.2 Å². The molecule has 1 aromatic rings. The maximum Gasteiger partial charge on any atom is 0.419 e. The van der Waals surface area contributed by atoms with Crippen LogP contribution in [0.15, 0.2) is 23.1 Å². The highest BCUT2D eigenvalue weighted by atomic mass is 32.2. The molecule has 0 aromatic heterocycles. The van der Waals surface area contributed by atoms with Gasteiger partial charge < -0.3 is 4.90 Å². The second kappa shape index (κ2) is 5.22. The SMILES string of the molecule is CN(C)C1CN(S(=O)(=O)c2ccc(F)c(C(F)(F)F)c2)C1. The van der Waals surface area contributed by atoms with Crippen molar-refractivity contribution in [1.82, 2.24) is 9.21 Å². The Bertz CT molecular complexity index is 637. The molecule has 118 valence electrons. The van der Waals surface area contributed by atoms with E-state index < -0.39 is 32.5 Å². The molecule has 1 aliphatic rings. The third-order valence-corrected chi connectivity index (χ3v) is 5.27. The molecule has 1 aromatic carbocycles. The molecule has 1 fully saturated rings. The Labute approximate surface area is 120 Å². The Balaban J connectivity index is 2.30. The molecular weight excluding hydrogens is 312 g/mol. The van der Waals surface area contributed by atoms with Crippen molar-refractivity contribution in [3.63, 3.8) is 0 Å². The van der Waals surface area contributed by atoms with Gasteiger partial charge in [0.05, 0.1) is 10.5 Å². The maximum absolute atomic E-state index is 13.2. The first-order chi connectivity index (χ1) is 9.53. The number of sulfonamides is 1. The topological polar surface area (TPSA) is 40.6 Å². The monoisotopic (exact) mass is 326 g/mol. The van der Waals surface area contributed by atoms with Gasteiger partial charge in [-0.2, -0.15) is 17.5 Å². The van der Waals surface area contributed by atoms with Crippen molar-refractivity contribution in [3.8, 4) is 0 Å². The smallest absolute Gasteiger partial charge is 0.304 e. The summed E-state index contributed by atoms with van der Waals surface area (Å²) >= 11 is 0. The van der Waals surface area contributed by atoms with Gasteiger partial charge in [0.15, 0.2) is 0 Å². The standard InChI is InChI=1S/C12H14F4N2O2S/c1-17(2)8-6-18(7-8)21(19,20)9-3-4-11(13)10(5-9)12(14,15)16/h3-5,8H,6-7H2,1-2H3. The van der Waals surface area contributed by atoms with Gasteiger partial charge in [-0.15, -0.1) is 0 Å².